The minimum atomic E-state index is -2.49. The Hall–Kier alpha value is 1.24. The molecule has 0 aromatic carbocycles. The maximum absolute atomic E-state index is 3.49. The van der Waals surface area contributed by atoms with Gasteiger partial charge in [0, 0.05) is 0 Å². The van der Waals surface area contributed by atoms with Crippen LogP contribution in [-0.4, -0.2) is 4.05 Å². The van der Waals surface area contributed by atoms with Crippen molar-refractivity contribution in [1.82, 2.24) is 0 Å². The first kappa shape index (κ1) is 5.05. The minimum absolute atomic E-state index is 0. The van der Waals surface area contributed by atoms with Gasteiger partial charge in [-0.15, -0.1) is 12.4 Å². The SMILES string of the molecule is Cl.P[C]12[CH]3[CH]4[CH]5[CH]1[Fe]45321678[CH]2[CH]1[CH]6[CH]7[CH]28. The number of fused-ring (bicyclic) bond motifs is 10. The van der Waals surface area contributed by atoms with Crippen LogP contribution in [-0.2, 0) is 6.51 Å². The Balaban J connectivity index is 0.000000441. The molecule has 0 saturated carbocycles. The normalized spacial score (nSPS) is 151. The number of halogens is 1. The predicted molar refractivity (Wildman–Crippen MR) is 53.4 cm³/mol. The van der Waals surface area contributed by atoms with E-state index in [-0.39, 0.29) is 12.4 Å². The van der Waals surface area contributed by atoms with Crippen molar-refractivity contribution in [3.8, 4) is 0 Å². The van der Waals surface area contributed by atoms with Crippen LogP contribution < -0.4 is 0 Å². The van der Waals surface area contributed by atoms with Gasteiger partial charge in [0.15, 0.2) is 0 Å². The summed E-state index contributed by atoms with van der Waals surface area (Å²) in [5.41, 5.74) is 0. The van der Waals surface area contributed by atoms with E-state index >= 15 is 0 Å². The summed E-state index contributed by atoms with van der Waals surface area (Å²) in [6.45, 7) is -2.49. The topological polar surface area (TPSA) is 0 Å². The summed E-state index contributed by atoms with van der Waals surface area (Å²) in [6.07, 6.45) is 0. The second-order valence-corrected chi connectivity index (χ2v) is 34.8. The van der Waals surface area contributed by atoms with Crippen molar-refractivity contribution >= 4 is 21.6 Å². The van der Waals surface area contributed by atoms with E-state index in [1.807, 2.05) is 0 Å². The van der Waals surface area contributed by atoms with Gasteiger partial charge in [-0.1, -0.05) is 0 Å². The van der Waals surface area contributed by atoms with Gasteiger partial charge in [-0.2, -0.15) is 0 Å². The zero-order chi connectivity index (χ0) is 7.01. The Kier molecular flexibility index (Phi) is 0.123. The summed E-state index contributed by atoms with van der Waals surface area (Å²) >= 11 is 0. The van der Waals surface area contributed by atoms with Crippen LogP contribution in [0.4, 0.5) is 0 Å². The molecule has 72 valence electrons. The number of rotatable bonds is 0. The van der Waals surface area contributed by atoms with Crippen LogP contribution in [0.1, 0.15) is 0 Å². The summed E-state index contributed by atoms with van der Waals surface area (Å²) in [5.74, 6) is 0. The monoisotopic (exact) mass is 254 g/mol. The Morgan fingerprint density at radius 1 is 0.769 bits per heavy atom. The van der Waals surface area contributed by atoms with Crippen LogP contribution in [0.2, 0.25) is 43.3 Å². The van der Waals surface area contributed by atoms with E-state index < -0.39 is 6.51 Å². The molecule has 0 aromatic rings. The summed E-state index contributed by atoms with van der Waals surface area (Å²) in [6, 6.07) is 0. The fourth-order valence-corrected chi connectivity index (χ4v) is 99.1. The third-order valence-electron chi connectivity index (χ3n) is 14.8. The van der Waals surface area contributed by atoms with Crippen molar-refractivity contribution in [3.63, 3.8) is 0 Å². The molecule has 1 spiro atoms. The van der Waals surface area contributed by atoms with Crippen molar-refractivity contribution in [3.05, 3.63) is 0 Å². The second kappa shape index (κ2) is 0.316. The van der Waals surface area contributed by atoms with Crippen LogP contribution in [0, 0.1) is 0 Å². The van der Waals surface area contributed by atoms with E-state index in [2.05, 4.69) is 9.24 Å². The Morgan fingerprint density at radius 3 is 1.15 bits per heavy atom. The van der Waals surface area contributed by atoms with Crippen LogP contribution in [0.3, 0.4) is 0 Å². The third kappa shape index (κ3) is 0.0364. The third-order valence-corrected chi connectivity index (χ3v) is 62.8. The van der Waals surface area contributed by atoms with Crippen LogP contribution >= 0.6 is 21.6 Å². The van der Waals surface area contributed by atoms with Gasteiger partial charge < -0.3 is 0 Å². The second-order valence-electron chi connectivity index (χ2n) is 9.74. The van der Waals surface area contributed by atoms with Crippen molar-refractivity contribution < 1.29 is 6.51 Å². The van der Waals surface area contributed by atoms with E-state index in [1.165, 1.54) is 43.3 Å². The van der Waals surface area contributed by atoms with Crippen LogP contribution in [0.5, 0.6) is 0 Å². The summed E-state index contributed by atoms with van der Waals surface area (Å²) in [4.78, 5) is 13.8. The molecule has 5 atom stereocenters. The van der Waals surface area contributed by atoms with E-state index in [9.17, 15) is 0 Å². The first-order valence-electron chi connectivity index (χ1n) is 5.55. The number of hydrogen-bond donors (Lipinski definition) is 0. The molecule has 3 heteroatoms. The standard InChI is InChI=1S/C5H6P.C5H5.ClH.Fe/c6-5-3-1-2-4-5;1-2-4-5-3-1;;/h1-4H,6H2;1-5H;1H;. The van der Waals surface area contributed by atoms with Gasteiger partial charge in [-0.05, 0) is 0 Å². The Labute approximate surface area is 75.5 Å². The van der Waals surface area contributed by atoms with E-state index in [0.717, 1.165) is 4.05 Å². The molecule has 10 heterocycles. The molecule has 10 aliphatic heterocycles. The molecule has 0 aliphatic carbocycles. The zero-order valence-electron chi connectivity index (χ0n) is 7.04. The molecule has 10 rings (SSSR count). The predicted octanol–water partition coefficient (Wildman–Crippen LogP) is 3.58. The van der Waals surface area contributed by atoms with Gasteiger partial charge in [-0.25, -0.2) is 0 Å². The zero-order valence-corrected chi connectivity index (χ0v) is 10.1. The molecule has 0 nitrogen and oxygen atoms in total. The van der Waals surface area contributed by atoms with Gasteiger partial charge in [0.25, 0.3) is 0 Å². The van der Waals surface area contributed by atoms with Gasteiger partial charge in [-0.3, -0.25) is 0 Å². The summed E-state index contributed by atoms with van der Waals surface area (Å²) < 4.78 is 1.11. The van der Waals surface area contributed by atoms with Gasteiger partial charge in [0.05, 0.1) is 0 Å². The molecule has 13 heavy (non-hydrogen) atoms. The molecule has 0 bridgehead atoms. The first-order chi connectivity index (χ1) is 5.55. The van der Waals surface area contributed by atoms with Gasteiger partial charge in [0.1, 0.15) is 0 Å². The van der Waals surface area contributed by atoms with Crippen LogP contribution in [0.25, 0.3) is 0 Å². The van der Waals surface area contributed by atoms with Gasteiger partial charge >= 0.3 is 63.2 Å². The summed E-state index contributed by atoms with van der Waals surface area (Å²) in [5, 5.41) is 0. The average Bonchev–Trinajstić information content (AvgIpc) is 2.97. The first-order valence-corrected chi connectivity index (χ1v) is 12.4. The molecule has 10 fully saturated rings. The molecule has 0 radical (unpaired) electrons. The Bertz CT molecular complexity index is 760. The quantitative estimate of drug-likeness (QED) is 0.458. The average molecular weight is 254 g/mol. The van der Waals surface area contributed by atoms with E-state index in [4.69, 9.17) is 0 Å². The van der Waals surface area contributed by atoms with Crippen molar-refractivity contribution in [2.75, 3.05) is 0 Å². The van der Waals surface area contributed by atoms with Crippen molar-refractivity contribution in [2.45, 2.75) is 47.4 Å². The van der Waals surface area contributed by atoms with Crippen molar-refractivity contribution in [2.24, 2.45) is 0 Å². The molecule has 10 aliphatic rings. The molecule has 10 saturated heterocycles. The summed E-state index contributed by atoms with van der Waals surface area (Å²) in [7, 11) is 3.49. The molecule has 0 N–H and O–H groups in total. The fraction of sp³-hybridized carbons (Fsp3) is 1.00. The van der Waals surface area contributed by atoms with Crippen LogP contribution in [0.15, 0.2) is 0 Å². The molecule has 5 unspecified atom stereocenters. The number of hydrogen-bond acceptors (Lipinski definition) is 0. The fourth-order valence-electron chi connectivity index (χ4n) is 16.3. The van der Waals surface area contributed by atoms with Crippen molar-refractivity contribution in [1.29, 1.82) is 0 Å². The molecular formula is C10H12ClFeP. The van der Waals surface area contributed by atoms with Gasteiger partial charge in [0.2, 0.25) is 0 Å². The molecular weight excluding hydrogens is 242 g/mol. The van der Waals surface area contributed by atoms with E-state index in [0.29, 0.717) is 0 Å². The maximum atomic E-state index is 3.49. The Morgan fingerprint density at radius 2 is 1.15 bits per heavy atom. The molecule has 0 aromatic heterocycles. The van der Waals surface area contributed by atoms with E-state index in [1.54, 1.807) is 0 Å². The molecule has 0 amide bonds.